The summed E-state index contributed by atoms with van der Waals surface area (Å²) in [5, 5.41) is 9.04. The van der Waals surface area contributed by atoms with Crippen molar-refractivity contribution in [2.45, 2.75) is 52.5 Å². The lowest BCUT2D eigenvalue weighted by Gasteiger charge is -2.26. The number of aromatic nitrogens is 1. The monoisotopic (exact) mass is 306 g/mol. The summed E-state index contributed by atoms with van der Waals surface area (Å²) in [6.45, 7) is 5.14. The summed E-state index contributed by atoms with van der Waals surface area (Å²) < 4.78 is 0. The number of carboxylic acid groups (broad SMARTS) is 1. The van der Waals surface area contributed by atoms with Gasteiger partial charge in [-0.05, 0) is 38.7 Å². The summed E-state index contributed by atoms with van der Waals surface area (Å²) in [5.74, 6) is -1.34. The van der Waals surface area contributed by atoms with Gasteiger partial charge in [0.25, 0.3) is 5.91 Å². The molecule has 0 saturated carbocycles. The van der Waals surface area contributed by atoms with Crippen molar-refractivity contribution in [1.82, 2.24) is 9.88 Å². The van der Waals surface area contributed by atoms with Crippen molar-refractivity contribution in [2.24, 2.45) is 0 Å². The molecule has 1 aromatic rings. The van der Waals surface area contributed by atoms with E-state index in [2.05, 4.69) is 4.98 Å². The second kappa shape index (κ2) is 6.34. The number of nitrogens with one attached hydrogen (secondary N) is 1. The normalized spacial score (nSPS) is 15.3. The first kappa shape index (κ1) is 16.3. The number of rotatable bonds is 5. The minimum atomic E-state index is -1.04. The first-order chi connectivity index (χ1) is 10.4. The number of ketones is 1. The van der Waals surface area contributed by atoms with Crippen LogP contribution < -0.4 is 0 Å². The molecule has 2 rings (SSSR count). The van der Waals surface area contributed by atoms with E-state index in [-0.39, 0.29) is 24.3 Å². The minimum Gasteiger partial charge on any atom is -0.480 e. The van der Waals surface area contributed by atoms with Crippen LogP contribution in [-0.4, -0.2) is 45.2 Å². The zero-order valence-corrected chi connectivity index (χ0v) is 13.2. The van der Waals surface area contributed by atoms with Crippen LogP contribution in [0.15, 0.2) is 0 Å². The van der Waals surface area contributed by atoms with E-state index in [4.69, 9.17) is 5.11 Å². The third-order valence-electron chi connectivity index (χ3n) is 4.34. The third-order valence-corrected chi connectivity index (χ3v) is 4.34. The van der Waals surface area contributed by atoms with E-state index in [1.807, 2.05) is 13.8 Å². The molecule has 1 aromatic heterocycles. The van der Waals surface area contributed by atoms with Crippen molar-refractivity contribution in [3.8, 4) is 0 Å². The molecule has 120 valence electrons. The average Bonchev–Trinajstić information content (AvgIpc) is 2.81. The van der Waals surface area contributed by atoms with Gasteiger partial charge in [-0.25, -0.2) is 0 Å². The molecular formula is C16H22N2O4. The number of amides is 1. The number of carboxylic acids is 1. The van der Waals surface area contributed by atoms with Crippen molar-refractivity contribution in [2.75, 3.05) is 6.54 Å². The highest BCUT2D eigenvalue weighted by molar-refractivity contribution is 6.04. The summed E-state index contributed by atoms with van der Waals surface area (Å²) in [7, 11) is 0. The number of carbonyl (C=O) groups is 3. The molecule has 1 amide bonds. The van der Waals surface area contributed by atoms with Gasteiger partial charge >= 0.3 is 5.97 Å². The lowest BCUT2D eigenvalue weighted by molar-refractivity contribution is -0.138. The highest BCUT2D eigenvalue weighted by atomic mass is 16.4. The third kappa shape index (κ3) is 2.91. The Kier molecular flexibility index (Phi) is 4.68. The van der Waals surface area contributed by atoms with Crippen LogP contribution in [0, 0.1) is 6.92 Å². The SMILES string of the molecule is CCC(C)N(CC(=O)O)C(=O)c1[nH]c2c(c1C)C(=O)CCC2. The maximum absolute atomic E-state index is 12.7. The second-order valence-electron chi connectivity index (χ2n) is 5.84. The standard InChI is InChI=1S/C16H22N2O4/c1-4-9(2)18(8-13(20)21)16(22)15-10(3)14-11(17-15)6-5-7-12(14)19/h9,17H,4-8H2,1-3H3,(H,20,21). The molecule has 6 heteroatoms. The fourth-order valence-electron chi connectivity index (χ4n) is 2.93. The van der Waals surface area contributed by atoms with E-state index in [9.17, 15) is 14.4 Å². The van der Waals surface area contributed by atoms with Crippen LogP contribution >= 0.6 is 0 Å². The number of H-pyrrole nitrogens is 1. The van der Waals surface area contributed by atoms with Crippen molar-refractivity contribution in [3.63, 3.8) is 0 Å². The molecule has 1 heterocycles. The number of Topliss-reactive ketones (excluding diaryl/α,β-unsaturated/α-hetero) is 1. The van der Waals surface area contributed by atoms with Crippen LogP contribution in [0.4, 0.5) is 0 Å². The fourth-order valence-corrected chi connectivity index (χ4v) is 2.93. The zero-order valence-electron chi connectivity index (χ0n) is 13.2. The van der Waals surface area contributed by atoms with Crippen LogP contribution in [0.25, 0.3) is 0 Å². The maximum atomic E-state index is 12.7. The molecule has 1 atom stereocenters. The highest BCUT2D eigenvalue weighted by Gasteiger charge is 2.30. The number of fused-ring (bicyclic) bond motifs is 1. The van der Waals surface area contributed by atoms with Crippen LogP contribution in [0.1, 0.15) is 65.2 Å². The Morgan fingerprint density at radius 1 is 1.36 bits per heavy atom. The van der Waals surface area contributed by atoms with Crippen molar-refractivity contribution >= 4 is 17.7 Å². The lowest BCUT2D eigenvalue weighted by Crippen LogP contribution is -2.42. The largest absolute Gasteiger partial charge is 0.480 e. The van der Waals surface area contributed by atoms with E-state index < -0.39 is 5.97 Å². The molecule has 0 saturated heterocycles. The van der Waals surface area contributed by atoms with Crippen LogP contribution in [0.3, 0.4) is 0 Å². The number of aliphatic carboxylic acids is 1. The summed E-state index contributed by atoms with van der Waals surface area (Å²) >= 11 is 0. The van der Waals surface area contributed by atoms with Crippen LogP contribution in [0.2, 0.25) is 0 Å². The quantitative estimate of drug-likeness (QED) is 0.872. The predicted octanol–water partition coefficient (Wildman–Crippen LogP) is 2.17. The minimum absolute atomic E-state index is 0.0578. The van der Waals surface area contributed by atoms with E-state index in [0.29, 0.717) is 29.7 Å². The van der Waals surface area contributed by atoms with Crippen LogP contribution in [-0.2, 0) is 11.2 Å². The van der Waals surface area contributed by atoms with Gasteiger partial charge in [-0.3, -0.25) is 14.4 Å². The first-order valence-electron chi connectivity index (χ1n) is 7.64. The second-order valence-corrected chi connectivity index (χ2v) is 5.84. The lowest BCUT2D eigenvalue weighted by atomic mass is 9.93. The van der Waals surface area contributed by atoms with Crippen molar-refractivity contribution < 1.29 is 19.5 Å². The van der Waals surface area contributed by atoms with Gasteiger partial charge in [0.05, 0.1) is 0 Å². The van der Waals surface area contributed by atoms with Crippen molar-refractivity contribution in [3.05, 3.63) is 22.5 Å². The van der Waals surface area contributed by atoms with E-state index in [1.54, 1.807) is 6.92 Å². The van der Waals surface area contributed by atoms with Gasteiger partial charge in [0, 0.05) is 23.7 Å². The van der Waals surface area contributed by atoms with Gasteiger partial charge in [-0.2, -0.15) is 0 Å². The Labute approximate surface area is 129 Å². The fraction of sp³-hybridized carbons (Fsp3) is 0.562. The smallest absolute Gasteiger partial charge is 0.323 e. The van der Waals surface area contributed by atoms with Gasteiger partial charge in [0.1, 0.15) is 12.2 Å². The average molecular weight is 306 g/mol. The molecule has 1 aliphatic carbocycles. The maximum Gasteiger partial charge on any atom is 0.323 e. The number of nitrogens with zero attached hydrogens (tertiary/aromatic N) is 1. The van der Waals surface area contributed by atoms with E-state index in [1.165, 1.54) is 4.90 Å². The molecule has 2 N–H and O–H groups in total. The topological polar surface area (TPSA) is 90.5 Å². The molecule has 0 bridgehead atoms. The molecule has 22 heavy (non-hydrogen) atoms. The Bertz CT molecular complexity index is 618. The molecule has 1 unspecified atom stereocenters. The van der Waals surface area contributed by atoms with Gasteiger partial charge in [-0.1, -0.05) is 6.92 Å². The first-order valence-corrected chi connectivity index (χ1v) is 7.64. The van der Waals surface area contributed by atoms with Crippen molar-refractivity contribution in [1.29, 1.82) is 0 Å². The summed E-state index contributed by atoms with van der Waals surface area (Å²) in [6.07, 6.45) is 2.70. The van der Waals surface area contributed by atoms with E-state index >= 15 is 0 Å². The Morgan fingerprint density at radius 3 is 2.59 bits per heavy atom. The molecule has 0 fully saturated rings. The molecule has 6 nitrogen and oxygen atoms in total. The number of aryl methyl sites for hydroxylation is 1. The zero-order chi connectivity index (χ0) is 16.4. The van der Waals surface area contributed by atoms with Gasteiger partial charge in [0.2, 0.25) is 0 Å². The highest BCUT2D eigenvalue weighted by Crippen LogP contribution is 2.27. The Balaban J connectivity index is 2.39. The number of hydrogen-bond acceptors (Lipinski definition) is 3. The Morgan fingerprint density at radius 2 is 2.05 bits per heavy atom. The van der Waals surface area contributed by atoms with Gasteiger partial charge in [-0.15, -0.1) is 0 Å². The number of aromatic amines is 1. The number of carbonyl (C=O) groups excluding carboxylic acids is 2. The van der Waals surface area contributed by atoms with Gasteiger partial charge in [0.15, 0.2) is 5.78 Å². The number of hydrogen-bond donors (Lipinski definition) is 2. The summed E-state index contributed by atoms with van der Waals surface area (Å²) in [5.41, 5.74) is 2.41. The van der Waals surface area contributed by atoms with Gasteiger partial charge < -0.3 is 15.0 Å². The van der Waals surface area contributed by atoms with E-state index in [0.717, 1.165) is 18.5 Å². The molecule has 0 aliphatic heterocycles. The summed E-state index contributed by atoms with van der Waals surface area (Å²) in [6, 6.07) is -0.181. The summed E-state index contributed by atoms with van der Waals surface area (Å²) in [4.78, 5) is 40.2. The molecule has 0 spiro atoms. The molecule has 0 radical (unpaired) electrons. The molecule has 0 aromatic carbocycles. The molecular weight excluding hydrogens is 284 g/mol. The Hall–Kier alpha value is -2.11. The predicted molar refractivity (Wildman–Crippen MR) is 81.2 cm³/mol. The molecule has 1 aliphatic rings. The van der Waals surface area contributed by atoms with Crippen LogP contribution in [0.5, 0.6) is 0 Å².